The van der Waals surface area contributed by atoms with Gasteiger partial charge in [0.15, 0.2) is 0 Å². The maximum atomic E-state index is 10.9. The summed E-state index contributed by atoms with van der Waals surface area (Å²) in [5.41, 5.74) is 2.04. The minimum absolute atomic E-state index is 0.00822. The molecule has 1 atom stereocenters. The summed E-state index contributed by atoms with van der Waals surface area (Å²) in [7, 11) is 0. The number of nitrogens with one attached hydrogen (secondary N) is 1. The Morgan fingerprint density at radius 1 is 1.40 bits per heavy atom. The smallest absolute Gasteiger partial charge is 0.207 e. The Bertz CT molecular complexity index is 343. The third-order valence-corrected chi connectivity index (χ3v) is 2.25. The van der Waals surface area contributed by atoms with E-state index < -0.39 is 0 Å². The Morgan fingerprint density at radius 3 is 2.47 bits per heavy atom. The zero-order chi connectivity index (χ0) is 11.3. The van der Waals surface area contributed by atoms with Crippen LogP contribution in [0.1, 0.15) is 31.0 Å². The van der Waals surface area contributed by atoms with E-state index in [2.05, 4.69) is 5.32 Å². The average Bonchev–Trinajstić information content (AvgIpc) is 2.18. The Morgan fingerprint density at radius 2 is 2.00 bits per heavy atom. The molecule has 1 unspecified atom stereocenters. The lowest BCUT2D eigenvalue weighted by Crippen LogP contribution is -2.15. The summed E-state index contributed by atoms with van der Waals surface area (Å²) < 4.78 is 0. The maximum absolute atomic E-state index is 10.9. The van der Waals surface area contributed by atoms with Crippen molar-refractivity contribution in [2.75, 3.05) is 0 Å². The highest BCUT2D eigenvalue weighted by molar-refractivity contribution is 5.78. The largest absolute Gasteiger partial charge is 0.352 e. The molecule has 0 fully saturated rings. The molecule has 0 aliphatic heterocycles. The second-order valence-electron chi connectivity index (χ2n) is 3.63. The number of benzene rings is 1. The van der Waals surface area contributed by atoms with Gasteiger partial charge in [-0.3, -0.25) is 9.59 Å². The van der Waals surface area contributed by atoms with Crippen LogP contribution in [0.2, 0.25) is 0 Å². The van der Waals surface area contributed by atoms with Crippen LogP contribution in [0.5, 0.6) is 0 Å². The second-order valence-corrected chi connectivity index (χ2v) is 3.63. The third-order valence-electron chi connectivity index (χ3n) is 2.25. The SMILES string of the molecule is CC(=O)Cc1ccc(C(C)NC=O)cc1. The van der Waals surface area contributed by atoms with Crippen LogP contribution in [0.25, 0.3) is 0 Å². The van der Waals surface area contributed by atoms with Crippen molar-refractivity contribution in [2.24, 2.45) is 0 Å². The molecule has 15 heavy (non-hydrogen) atoms. The Kier molecular flexibility index (Phi) is 4.03. The fourth-order valence-electron chi connectivity index (χ4n) is 1.41. The van der Waals surface area contributed by atoms with Crippen LogP contribution in [0, 0.1) is 0 Å². The minimum atomic E-state index is 0.00822. The zero-order valence-electron chi connectivity index (χ0n) is 8.99. The van der Waals surface area contributed by atoms with Gasteiger partial charge in [0.05, 0.1) is 6.04 Å². The summed E-state index contributed by atoms with van der Waals surface area (Å²) >= 11 is 0. The summed E-state index contributed by atoms with van der Waals surface area (Å²) in [6.45, 7) is 3.48. The summed E-state index contributed by atoms with van der Waals surface area (Å²) in [4.78, 5) is 21.1. The molecule has 0 saturated heterocycles. The lowest BCUT2D eigenvalue weighted by Gasteiger charge is -2.10. The molecule has 1 N–H and O–H groups in total. The van der Waals surface area contributed by atoms with Crippen molar-refractivity contribution in [3.05, 3.63) is 35.4 Å². The molecule has 1 aromatic rings. The minimum Gasteiger partial charge on any atom is -0.352 e. The van der Waals surface area contributed by atoms with Gasteiger partial charge in [-0.25, -0.2) is 0 Å². The highest BCUT2D eigenvalue weighted by Gasteiger charge is 2.03. The van der Waals surface area contributed by atoms with Gasteiger partial charge in [0.1, 0.15) is 5.78 Å². The normalized spacial score (nSPS) is 11.9. The lowest BCUT2D eigenvalue weighted by atomic mass is 10.0. The molecule has 1 amide bonds. The first kappa shape index (κ1) is 11.4. The first-order valence-corrected chi connectivity index (χ1v) is 4.91. The van der Waals surface area contributed by atoms with Crippen molar-refractivity contribution in [1.82, 2.24) is 5.32 Å². The monoisotopic (exact) mass is 205 g/mol. The predicted octanol–water partition coefficient (Wildman–Crippen LogP) is 1.63. The van der Waals surface area contributed by atoms with Gasteiger partial charge in [-0.1, -0.05) is 24.3 Å². The van der Waals surface area contributed by atoms with Crippen LogP contribution in [0.15, 0.2) is 24.3 Å². The molecule has 0 aliphatic carbocycles. The molecule has 0 bridgehead atoms. The average molecular weight is 205 g/mol. The van der Waals surface area contributed by atoms with Gasteiger partial charge in [0.25, 0.3) is 0 Å². The third kappa shape index (κ3) is 3.54. The number of rotatable bonds is 5. The van der Waals surface area contributed by atoms with Crippen LogP contribution < -0.4 is 5.32 Å². The van der Waals surface area contributed by atoms with Crippen molar-refractivity contribution in [3.63, 3.8) is 0 Å². The fourth-order valence-corrected chi connectivity index (χ4v) is 1.41. The number of carbonyl (C=O) groups is 2. The van der Waals surface area contributed by atoms with Gasteiger partial charge >= 0.3 is 0 Å². The number of ketones is 1. The zero-order valence-corrected chi connectivity index (χ0v) is 8.99. The van der Waals surface area contributed by atoms with Gasteiger partial charge in [-0.2, -0.15) is 0 Å². The lowest BCUT2D eigenvalue weighted by molar-refractivity contribution is -0.116. The van der Waals surface area contributed by atoms with E-state index in [0.717, 1.165) is 11.1 Å². The van der Waals surface area contributed by atoms with Crippen molar-refractivity contribution in [2.45, 2.75) is 26.3 Å². The molecule has 3 heteroatoms. The topological polar surface area (TPSA) is 46.2 Å². The van der Waals surface area contributed by atoms with Crippen molar-refractivity contribution in [1.29, 1.82) is 0 Å². The molecule has 80 valence electrons. The van der Waals surface area contributed by atoms with Crippen LogP contribution in [-0.4, -0.2) is 12.2 Å². The van der Waals surface area contributed by atoms with Crippen molar-refractivity contribution in [3.8, 4) is 0 Å². The van der Waals surface area contributed by atoms with E-state index in [4.69, 9.17) is 0 Å². The van der Waals surface area contributed by atoms with Crippen molar-refractivity contribution < 1.29 is 9.59 Å². The van der Waals surface area contributed by atoms with E-state index in [1.807, 2.05) is 31.2 Å². The summed E-state index contributed by atoms with van der Waals surface area (Å²) in [6.07, 6.45) is 1.16. The number of carbonyl (C=O) groups excluding carboxylic acids is 2. The van der Waals surface area contributed by atoms with E-state index in [-0.39, 0.29) is 11.8 Å². The predicted molar refractivity (Wildman–Crippen MR) is 58.4 cm³/mol. The molecule has 0 aliphatic rings. The Hall–Kier alpha value is -1.64. The molecule has 0 aromatic heterocycles. The van der Waals surface area contributed by atoms with Crippen LogP contribution in [0.3, 0.4) is 0 Å². The molecule has 1 rings (SSSR count). The van der Waals surface area contributed by atoms with Gasteiger partial charge in [0, 0.05) is 6.42 Å². The number of hydrogen-bond acceptors (Lipinski definition) is 2. The second kappa shape index (κ2) is 5.29. The molecule has 0 saturated carbocycles. The van der Waals surface area contributed by atoms with Crippen LogP contribution >= 0.6 is 0 Å². The molecular formula is C12H15NO2. The standard InChI is InChI=1S/C12H15NO2/c1-9(15)7-11-3-5-12(6-4-11)10(2)13-8-14/h3-6,8,10H,7H2,1-2H3,(H,13,14). The molecule has 0 radical (unpaired) electrons. The van der Waals surface area contributed by atoms with Gasteiger partial charge in [-0.15, -0.1) is 0 Å². The quantitative estimate of drug-likeness (QED) is 0.742. The van der Waals surface area contributed by atoms with Crippen LogP contribution in [-0.2, 0) is 16.0 Å². The molecule has 0 spiro atoms. The summed E-state index contributed by atoms with van der Waals surface area (Å²) in [5, 5.41) is 2.67. The maximum Gasteiger partial charge on any atom is 0.207 e. The Labute approximate surface area is 89.5 Å². The first-order valence-electron chi connectivity index (χ1n) is 4.91. The van der Waals surface area contributed by atoms with E-state index >= 15 is 0 Å². The molecule has 1 aromatic carbocycles. The van der Waals surface area contributed by atoms with E-state index in [9.17, 15) is 9.59 Å². The summed E-state index contributed by atoms with van der Waals surface area (Å²) in [5.74, 6) is 0.154. The van der Waals surface area contributed by atoms with Gasteiger partial charge in [-0.05, 0) is 25.0 Å². The first-order chi connectivity index (χ1) is 7.13. The van der Waals surface area contributed by atoms with E-state index in [1.54, 1.807) is 6.92 Å². The van der Waals surface area contributed by atoms with Crippen LogP contribution in [0.4, 0.5) is 0 Å². The highest BCUT2D eigenvalue weighted by Crippen LogP contribution is 2.13. The van der Waals surface area contributed by atoms with E-state index in [1.165, 1.54) is 0 Å². The highest BCUT2D eigenvalue weighted by atomic mass is 16.1. The molecular weight excluding hydrogens is 190 g/mol. The molecule has 3 nitrogen and oxygen atoms in total. The number of hydrogen-bond donors (Lipinski definition) is 1. The van der Waals surface area contributed by atoms with Gasteiger partial charge in [0.2, 0.25) is 6.41 Å². The number of Topliss-reactive ketones (excluding diaryl/α,β-unsaturated/α-hetero) is 1. The van der Waals surface area contributed by atoms with Gasteiger partial charge < -0.3 is 5.32 Å². The Balaban J connectivity index is 2.71. The van der Waals surface area contributed by atoms with Crippen molar-refractivity contribution >= 4 is 12.2 Å². The summed E-state index contributed by atoms with van der Waals surface area (Å²) in [6, 6.07) is 7.70. The number of amides is 1. The molecule has 0 heterocycles. The fraction of sp³-hybridized carbons (Fsp3) is 0.333. The van der Waals surface area contributed by atoms with E-state index in [0.29, 0.717) is 12.8 Å².